The van der Waals surface area contributed by atoms with Crippen LogP contribution in [0.5, 0.6) is 0 Å². The van der Waals surface area contributed by atoms with Gasteiger partial charge in [-0.3, -0.25) is 18.7 Å². The van der Waals surface area contributed by atoms with Crippen molar-refractivity contribution < 1.29 is 43.7 Å². The van der Waals surface area contributed by atoms with Crippen LogP contribution < -0.4 is 4.90 Å². The summed E-state index contributed by atoms with van der Waals surface area (Å²) in [5.74, 6) is -0.259. The van der Waals surface area contributed by atoms with Gasteiger partial charge in [0.2, 0.25) is 0 Å². The van der Waals surface area contributed by atoms with Crippen LogP contribution in [-0.4, -0.2) is 62.7 Å². The van der Waals surface area contributed by atoms with Gasteiger partial charge in [0.25, 0.3) is 30.4 Å². The van der Waals surface area contributed by atoms with Crippen molar-refractivity contribution in [3.05, 3.63) is 83.6 Å². The minimum atomic E-state index is -4.45. The van der Waals surface area contributed by atoms with Gasteiger partial charge in [-0.1, -0.05) is 44.9 Å². The van der Waals surface area contributed by atoms with Crippen molar-refractivity contribution in [3.63, 3.8) is 0 Å². The first-order chi connectivity index (χ1) is 23.1. The molecule has 2 aliphatic rings. The molecule has 0 amide bonds. The molecule has 272 valence electrons. The molecule has 12 nitrogen and oxygen atoms in total. The number of Topliss-reactive ketones (excluding diaryl/α,β-unsaturated/α-hetero) is 1. The Morgan fingerprint density at radius 3 is 2.06 bits per heavy atom. The first-order valence-electron chi connectivity index (χ1n) is 16.3. The van der Waals surface area contributed by atoms with Crippen molar-refractivity contribution in [3.8, 4) is 0 Å². The monoisotopic (exact) mass is 748 g/mol. The Labute approximate surface area is 295 Å². The highest BCUT2D eigenvalue weighted by Crippen LogP contribution is 2.49. The van der Waals surface area contributed by atoms with Crippen molar-refractivity contribution in [2.45, 2.75) is 93.3 Å². The van der Waals surface area contributed by atoms with Gasteiger partial charge < -0.3 is 9.69 Å². The van der Waals surface area contributed by atoms with Gasteiger partial charge in [0.15, 0.2) is 0 Å². The third-order valence-electron chi connectivity index (χ3n) is 9.30. The topological polar surface area (TPSA) is 196 Å². The molecule has 0 aliphatic carbocycles. The summed E-state index contributed by atoms with van der Waals surface area (Å²) in [4.78, 5) is 17.7. The number of fused-ring (bicyclic) bond motifs is 2. The number of hydrogen-bond acceptors (Lipinski definition) is 9. The van der Waals surface area contributed by atoms with E-state index in [2.05, 4.69) is 0 Å². The lowest BCUT2D eigenvalue weighted by molar-refractivity contribution is -0.117. The highest BCUT2D eigenvalue weighted by Gasteiger charge is 2.41. The highest BCUT2D eigenvalue weighted by atomic mass is 32.2. The van der Waals surface area contributed by atoms with Crippen molar-refractivity contribution in [1.82, 2.24) is 0 Å². The van der Waals surface area contributed by atoms with Gasteiger partial charge in [-0.15, -0.1) is 0 Å². The van der Waals surface area contributed by atoms with Crippen LogP contribution in [0.1, 0.15) is 83.8 Å². The molecular formula is C35H44N2O10S3. The maximum absolute atomic E-state index is 11.9. The Hall–Kier alpha value is -3.47. The minimum Gasteiger partial charge on any atom is -0.344 e. The summed E-state index contributed by atoms with van der Waals surface area (Å²) in [5.41, 5.74) is 2.82. The number of allylic oxidation sites excluding steroid dienone is 6. The molecule has 1 unspecified atom stereocenters. The smallest absolute Gasteiger partial charge is 0.294 e. The molecule has 0 radical (unpaired) electrons. The van der Waals surface area contributed by atoms with E-state index < -0.39 is 41.2 Å². The molecule has 0 fully saturated rings. The second kappa shape index (κ2) is 15.0. The molecule has 1 atom stereocenters. The molecule has 2 aromatic carbocycles. The maximum Gasteiger partial charge on any atom is 0.294 e. The number of benzene rings is 2. The van der Waals surface area contributed by atoms with E-state index >= 15 is 0 Å². The molecule has 0 bridgehead atoms. The predicted octanol–water partition coefficient (Wildman–Crippen LogP) is 6.53. The van der Waals surface area contributed by atoms with Crippen LogP contribution in [0.15, 0.2) is 87.3 Å². The van der Waals surface area contributed by atoms with Gasteiger partial charge in [-0.25, -0.2) is 0 Å². The summed E-state index contributed by atoms with van der Waals surface area (Å²) in [7, 11) is -13.0. The molecule has 3 N–H and O–H groups in total. The largest absolute Gasteiger partial charge is 0.344 e. The van der Waals surface area contributed by atoms with Crippen LogP contribution in [0.4, 0.5) is 11.4 Å². The zero-order chi connectivity index (χ0) is 37.1. The molecule has 0 saturated carbocycles. The van der Waals surface area contributed by atoms with Crippen molar-refractivity contribution >= 4 is 53.2 Å². The zero-order valence-electron chi connectivity index (χ0n) is 28.5. The molecule has 50 heavy (non-hydrogen) atoms. The standard InChI is InChI=1S/C35H44N2O10S3/c1-25(38)13-7-6-10-20-35(4)28-23-26(49(42,43)44)16-18-30(28)36-32(35)14-8-5-9-15-33-34(2,3)29-24-27(50(45,46)47)17-19-31(29)37(33)21-11-12-22-48(39,40)41/h5,8-9,14-19,23-24H,6-7,10-13,20-22H2,1-4H3,(H,39,40,41)(H,42,43,44)(H,45,46,47)/b9-5+,14-8+,33-15-. The normalized spacial score (nSPS) is 19.8. The van der Waals surface area contributed by atoms with E-state index in [0.717, 1.165) is 25.0 Å². The summed E-state index contributed by atoms with van der Waals surface area (Å²) in [5, 5.41) is 0. The van der Waals surface area contributed by atoms with Gasteiger partial charge in [-0.05, 0) is 99.2 Å². The van der Waals surface area contributed by atoms with Crippen LogP contribution in [0, 0.1) is 0 Å². The average Bonchev–Trinajstić information content (AvgIpc) is 3.39. The van der Waals surface area contributed by atoms with Crippen molar-refractivity contribution in [2.24, 2.45) is 4.99 Å². The van der Waals surface area contributed by atoms with E-state index in [-0.39, 0.29) is 27.7 Å². The number of carbonyl (C=O) groups is 1. The number of ketones is 1. The highest BCUT2D eigenvalue weighted by molar-refractivity contribution is 7.86. The molecule has 2 aliphatic heterocycles. The number of carbonyl (C=O) groups excluding carboxylic acids is 1. The van der Waals surface area contributed by atoms with E-state index in [1.807, 2.05) is 43.9 Å². The Morgan fingerprint density at radius 1 is 0.800 bits per heavy atom. The van der Waals surface area contributed by atoms with Crippen LogP contribution in [0.25, 0.3) is 0 Å². The number of hydrogen-bond donors (Lipinski definition) is 3. The number of anilines is 1. The van der Waals surface area contributed by atoms with E-state index in [4.69, 9.17) is 9.55 Å². The zero-order valence-corrected chi connectivity index (χ0v) is 31.0. The maximum atomic E-state index is 11.9. The summed E-state index contributed by atoms with van der Waals surface area (Å²) < 4.78 is 98.8. The van der Waals surface area contributed by atoms with Crippen molar-refractivity contribution in [1.29, 1.82) is 0 Å². The predicted molar refractivity (Wildman–Crippen MR) is 193 cm³/mol. The fourth-order valence-corrected chi connectivity index (χ4v) is 8.17. The van der Waals surface area contributed by atoms with Gasteiger partial charge in [0, 0.05) is 35.2 Å². The number of unbranched alkanes of at least 4 members (excludes halogenated alkanes) is 3. The van der Waals surface area contributed by atoms with Gasteiger partial charge in [-0.2, -0.15) is 25.3 Å². The average molecular weight is 749 g/mol. The lowest BCUT2D eigenvalue weighted by atomic mass is 9.75. The second-order valence-electron chi connectivity index (χ2n) is 13.5. The fourth-order valence-electron chi connectivity index (χ4n) is 6.59. The Bertz CT molecular complexity index is 2100. The molecular weight excluding hydrogens is 705 g/mol. The molecule has 4 rings (SSSR count). The van der Waals surface area contributed by atoms with E-state index in [0.29, 0.717) is 54.0 Å². The first kappa shape index (κ1) is 39.3. The van der Waals surface area contributed by atoms with E-state index in [1.54, 1.807) is 31.2 Å². The summed E-state index contributed by atoms with van der Waals surface area (Å²) >= 11 is 0. The van der Waals surface area contributed by atoms with Gasteiger partial charge in [0.1, 0.15) is 5.78 Å². The van der Waals surface area contributed by atoms with Crippen LogP contribution in [0.2, 0.25) is 0 Å². The van der Waals surface area contributed by atoms with E-state index in [9.17, 15) is 39.2 Å². The quantitative estimate of drug-likeness (QED) is 0.0960. The third-order valence-corrected chi connectivity index (χ3v) is 11.8. The molecule has 0 spiro atoms. The summed E-state index contributed by atoms with van der Waals surface area (Å²) in [6, 6.07) is 8.71. The molecule has 0 aromatic heterocycles. The molecule has 15 heteroatoms. The molecule has 2 heterocycles. The van der Waals surface area contributed by atoms with Crippen molar-refractivity contribution in [2.75, 3.05) is 17.2 Å². The summed E-state index contributed by atoms with van der Waals surface area (Å²) in [6.07, 6.45) is 13.2. The van der Waals surface area contributed by atoms with Crippen LogP contribution >= 0.6 is 0 Å². The number of rotatable bonds is 16. The molecule has 2 aromatic rings. The fraction of sp³-hybridized carbons (Fsp3) is 0.429. The Balaban J connectivity index is 1.62. The number of aliphatic imine (C=N–C) groups is 1. The number of nitrogens with zero attached hydrogens (tertiary/aromatic N) is 2. The third kappa shape index (κ3) is 9.25. The van der Waals surface area contributed by atoms with Crippen LogP contribution in [0.3, 0.4) is 0 Å². The minimum absolute atomic E-state index is 0.125. The van der Waals surface area contributed by atoms with Gasteiger partial charge >= 0.3 is 0 Å². The Kier molecular flexibility index (Phi) is 11.8. The summed E-state index contributed by atoms with van der Waals surface area (Å²) in [6.45, 7) is 7.76. The SMILES string of the molecule is CC(=O)CCCCCC1(C)C(/C=C/C=C/C=C2\N(CCCCS(=O)(=O)O)c3ccc(S(=O)(=O)O)cc3C2(C)C)=Nc2ccc(S(=O)(=O)O)cc21. The Morgan fingerprint density at radius 2 is 1.44 bits per heavy atom. The molecule has 0 saturated heterocycles. The van der Waals surface area contributed by atoms with Gasteiger partial charge in [0.05, 0.1) is 26.9 Å². The first-order valence-corrected chi connectivity index (χ1v) is 20.7. The van der Waals surface area contributed by atoms with E-state index in [1.165, 1.54) is 24.3 Å². The van der Waals surface area contributed by atoms with Crippen LogP contribution in [-0.2, 0) is 46.0 Å². The second-order valence-corrected chi connectivity index (χ2v) is 17.9. The lowest BCUT2D eigenvalue weighted by Gasteiger charge is -2.27. The lowest BCUT2D eigenvalue weighted by Crippen LogP contribution is -2.28.